The molecule has 0 aromatic heterocycles. The zero-order valence-electron chi connectivity index (χ0n) is 14.1. The summed E-state index contributed by atoms with van der Waals surface area (Å²) in [6, 6.07) is 0.684. The fourth-order valence-electron chi connectivity index (χ4n) is 4.23. The Morgan fingerprint density at radius 1 is 1.15 bits per heavy atom. The molecule has 3 atom stereocenters. The molecular weight excluding hydrogens is 246 g/mol. The molecule has 0 amide bonds. The first-order chi connectivity index (χ1) is 9.53. The lowest BCUT2D eigenvalue weighted by Gasteiger charge is -2.60. The summed E-state index contributed by atoms with van der Waals surface area (Å²) in [5.41, 5.74) is 0.336. The van der Waals surface area contributed by atoms with Gasteiger partial charge in [-0.25, -0.2) is 0 Å². The van der Waals surface area contributed by atoms with Crippen molar-refractivity contribution in [2.45, 2.75) is 84.8 Å². The number of fused-ring (bicyclic) bond motifs is 1. The maximum absolute atomic E-state index is 5.96. The lowest BCUT2D eigenvalue weighted by atomic mass is 9.55. The zero-order valence-corrected chi connectivity index (χ0v) is 14.1. The van der Waals surface area contributed by atoms with Crippen molar-refractivity contribution >= 4 is 0 Å². The lowest BCUT2D eigenvalue weighted by Crippen LogP contribution is -2.69. The Labute approximate surface area is 126 Å². The van der Waals surface area contributed by atoms with Crippen LogP contribution in [0.25, 0.3) is 0 Å². The Morgan fingerprint density at radius 2 is 1.90 bits per heavy atom. The summed E-state index contributed by atoms with van der Waals surface area (Å²) in [5, 5.41) is 3.83. The fourth-order valence-corrected chi connectivity index (χ4v) is 4.23. The van der Waals surface area contributed by atoms with Gasteiger partial charge in [0.2, 0.25) is 0 Å². The third-order valence-corrected chi connectivity index (χ3v) is 5.40. The van der Waals surface area contributed by atoms with Crippen molar-refractivity contribution < 1.29 is 4.74 Å². The highest BCUT2D eigenvalue weighted by molar-refractivity contribution is 5.10. The van der Waals surface area contributed by atoms with Crippen molar-refractivity contribution in [1.29, 1.82) is 0 Å². The van der Waals surface area contributed by atoms with E-state index in [1.165, 1.54) is 51.5 Å². The Bertz CT molecular complexity index is 287. The summed E-state index contributed by atoms with van der Waals surface area (Å²) < 4.78 is 5.96. The molecule has 2 aliphatic rings. The quantitative estimate of drug-likeness (QED) is 0.666. The van der Waals surface area contributed by atoms with Crippen LogP contribution >= 0.6 is 0 Å². The maximum atomic E-state index is 5.96. The van der Waals surface area contributed by atoms with Crippen LogP contribution in [0.15, 0.2) is 0 Å². The summed E-state index contributed by atoms with van der Waals surface area (Å²) in [5.74, 6) is 1.65. The number of rotatable bonds is 8. The van der Waals surface area contributed by atoms with Crippen molar-refractivity contribution in [3.05, 3.63) is 0 Å². The zero-order chi connectivity index (χ0) is 14.6. The fraction of sp³-hybridized carbons (Fsp3) is 1.00. The molecule has 2 fully saturated rings. The second kappa shape index (κ2) is 7.26. The molecule has 0 bridgehead atoms. The molecule has 2 rings (SSSR count). The van der Waals surface area contributed by atoms with Gasteiger partial charge in [0.05, 0.1) is 6.10 Å². The molecule has 1 saturated carbocycles. The van der Waals surface area contributed by atoms with Gasteiger partial charge in [-0.2, -0.15) is 0 Å². The van der Waals surface area contributed by atoms with Gasteiger partial charge < -0.3 is 10.1 Å². The molecule has 0 aromatic carbocycles. The maximum Gasteiger partial charge on any atom is 0.0684 e. The van der Waals surface area contributed by atoms with E-state index in [0.717, 1.165) is 18.4 Å². The van der Waals surface area contributed by atoms with Gasteiger partial charge >= 0.3 is 0 Å². The molecule has 1 aliphatic heterocycles. The molecule has 0 spiro atoms. The molecule has 2 heteroatoms. The van der Waals surface area contributed by atoms with Crippen LogP contribution in [0.2, 0.25) is 0 Å². The van der Waals surface area contributed by atoms with Gasteiger partial charge in [-0.1, -0.05) is 53.4 Å². The lowest BCUT2D eigenvalue weighted by molar-refractivity contribution is -0.192. The second-order valence-electron chi connectivity index (χ2n) is 7.95. The van der Waals surface area contributed by atoms with Gasteiger partial charge in [0, 0.05) is 24.0 Å². The van der Waals surface area contributed by atoms with Crippen LogP contribution in [0, 0.1) is 17.3 Å². The van der Waals surface area contributed by atoms with E-state index in [4.69, 9.17) is 4.74 Å². The predicted octanol–water partition coefficient (Wildman–Crippen LogP) is 4.39. The predicted molar refractivity (Wildman–Crippen MR) is 86.0 cm³/mol. The van der Waals surface area contributed by atoms with E-state index in [0.29, 0.717) is 17.6 Å². The number of hydrogen-bond acceptors (Lipinski definition) is 2. The monoisotopic (exact) mass is 281 g/mol. The standard InChI is InChI=1S/C18H35NO/c1-14(2)10-7-5-6-8-12-19-16-15-11-9-13-20-17(15)18(16,3)4/h14-17,19H,5-13H2,1-4H3. The van der Waals surface area contributed by atoms with Crippen LogP contribution in [-0.4, -0.2) is 25.3 Å². The Morgan fingerprint density at radius 3 is 2.65 bits per heavy atom. The van der Waals surface area contributed by atoms with E-state index in [9.17, 15) is 0 Å². The summed E-state index contributed by atoms with van der Waals surface area (Å²) in [6.45, 7) is 11.6. The Balaban J connectivity index is 1.57. The molecule has 1 heterocycles. The van der Waals surface area contributed by atoms with Crippen molar-refractivity contribution in [2.75, 3.05) is 13.2 Å². The summed E-state index contributed by atoms with van der Waals surface area (Å²) in [4.78, 5) is 0. The topological polar surface area (TPSA) is 21.3 Å². The summed E-state index contributed by atoms with van der Waals surface area (Å²) in [6.07, 6.45) is 10.1. The number of unbranched alkanes of at least 4 members (excludes halogenated alkanes) is 3. The van der Waals surface area contributed by atoms with Gasteiger partial charge in [-0.15, -0.1) is 0 Å². The normalized spacial score (nSPS) is 31.9. The van der Waals surface area contributed by atoms with Gasteiger partial charge in [0.1, 0.15) is 0 Å². The van der Waals surface area contributed by atoms with Crippen LogP contribution in [0.5, 0.6) is 0 Å². The van der Waals surface area contributed by atoms with Gasteiger partial charge in [-0.3, -0.25) is 0 Å². The molecule has 118 valence electrons. The van der Waals surface area contributed by atoms with Crippen LogP contribution in [0.4, 0.5) is 0 Å². The first-order valence-corrected chi connectivity index (χ1v) is 8.88. The summed E-state index contributed by atoms with van der Waals surface area (Å²) >= 11 is 0. The first-order valence-electron chi connectivity index (χ1n) is 8.88. The Hall–Kier alpha value is -0.0800. The third kappa shape index (κ3) is 3.76. The second-order valence-corrected chi connectivity index (χ2v) is 7.95. The molecule has 20 heavy (non-hydrogen) atoms. The Kier molecular flexibility index (Phi) is 5.92. The number of hydrogen-bond donors (Lipinski definition) is 1. The minimum absolute atomic E-state index is 0.336. The highest BCUT2D eigenvalue weighted by Crippen LogP contribution is 2.51. The molecule has 0 aromatic rings. The highest BCUT2D eigenvalue weighted by Gasteiger charge is 2.57. The largest absolute Gasteiger partial charge is 0.377 e. The molecule has 0 radical (unpaired) electrons. The van der Waals surface area contributed by atoms with E-state index >= 15 is 0 Å². The van der Waals surface area contributed by atoms with Crippen molar-refractivity contribution in [2.24, 2.45) is 17.3 Å². The van der Waals surface area contributed by atoms with E-state index in [-0.39, 0.29) is 0 Å². The van der Waals surface area contributed by atoms with Crippen molar-refractivity contribution in [3.63, 3.8) is 0 Å². The SMILES string of the molecule is CC(C)CCCCCCNC1C2CCCOC2C1(C)C. The van der Waals surface area contributed by atoms with Crippen molar-refractivity contribution in [3.8, 4) is 0 Å². The van der Waals surface area contributed by atoms with E-state index in [1.807, 2.05) is 0 Å². The van der Waals surface area contributed by atoms with E-state index < -0.39 is 0 Å². The molecule has 1 saturated heterocycles. The average Bonchev–Trinajstić information content (AvgIpc) is 2.41. The number of nitrogens with one attached hydrogen (secondary N) is 1. The average molecular weight is 281 g/mol. The van der Waals surface area contributed by atoms with Crippen molar-refractivity contribution in [1.82, 2.24) is 5.32 Å². The van der Waals surface area contributed by atoms with Crippen LogP contribution in [0.1, 0.15) is 72.6 Å². The minimum atomic E-state index is 0.336. The smallest absolute Gasteiger partial charge is 0.0684 e. The van der Waals surface area contributed by atoms with Gasteiger partial charge in [-0.05, 0) is 31.7 Å². The van der Waals surface area contributed by atoms with E-state index in [1.54, 1.807) is 0 Å². The molecule has 1 aliphatic carbocycles. The molecule has 1 N–H and O–H groups in total. The first kappa shape index (κ1) is 16.3. The van der Waals surface area contributed by atoms with Gasteiger partial charge in [0.15, 0.2) is 0 Å². The van der Waals surface area contributed by atoms with E-state index in [2.05, 4.69) is 33.0 Å². The van der Waals surface area contributed by atoms with Crippen LogP contribution in [-0.2, 0) is 4.74 Å². The van der Waals surface area contributed by atoms with Crippen LogP contribution in [0.3, 0.4) is 0 Å². The minimum Gasteiger partial charge on any atom is -0.377 e. The molecular formula is C18H35NO. The summed E-state index contributed by atoms with van der Waals surface area (Å²) in [7, 11) is 0. The third-order valence-electron chi connectivity index (χ3n) is 5.40. The highest BCUT2D eigenvalue weighted by atomic mass is 16.5. The van der Waals surface area contributed by atoms with Gasteiger partial charge in [0.25, 0.3) is 0 Å². The molecule has 2 nitrogen and oxygen atoms in total. The van der Waals surface area contributed by atoms with Crippen LogP contribution < -0.4 is 5.32 Å². The number of ether oxygens (including phenoxy) is 1. The molecule has 3 unspecified atom stereocenters.